The van der Waals surface area contributed by atoms with E-state index in [1.54, 1.807) is 6.92 Å². The predicted octanol–water partition coefficient (Wildman–Crippen LogP) is 0.361. The van der Waals surface area contributed by atoms with Crippen LogP contribution in [0.2, 0.25) is 0 Å². The first kappa shape index (κ1) is 13.0. The van der Waals surface area contributed by atoms with E-state index in [2.05, 4.69) is 5.32 Å². The maximum Gasteiger partial charge on any atom is 0.306 e. The van der Waals surface area contributed by atoms with Crippen LogP contribution in [0.3, 0.4) is 0 Å². The lowest BCUT2D eigenvalue weighted by Crippen LogP contribution is -2.56. The Hall–Kier alpha value is -1.10. The molecule has 5 heteroatoms. The number of carbonyl (C=O) groups excluding carboxylic acids is 2. The second kappa shape index (κ2) is 5.84. The number of carbonyl (C=O) groups is 2. The molecule has 1 aliphatic rings. The monoisotopic (exact) mass is 229 g/mol. The van der Waals surface area contributed by atoms with Crippen LogP contribution in [0.15, 0.2) is 0 Å². The number of esters is 1. The molecule has 0 aliphatic heterocycles. The lowest BCUT2D eigenvalue weighted by atomic mass is 9.77. The van der Waals surface area contributed by atoms with Crippen LogP contribution in [-0.4, -0.2) is 35.7 Å². The van der Waals surface area contributed by atoms with Crippen molar-refractivity contribution in [2.75, 3.05) is 13.2 Å². The van der Waals surface area contributed by atoms with Crippen molar-refractivity contribution in [3.63, 3.8) is 0 Å². The number of rotatable bonds is 6. The molecule has 0 unspecified atom stereocenters. The van der Waals surface area contributed by atoms with Crippen molar-refractivity contribution in [3.8, 4) is 0 Å². The molecular weight excluding hydrogens is 210 g/mol. The lowest BCUT2D eigenvalue weighted by molar-refractivity contribution is -0.144. The molecule has 0 aromatic heterocycles. The second-order valence-electron chi connectivity index (χ2n) is 4.15. The summed E-state index contributed by atoms with van der Waals surface area (Å²) in [6, 6.07) is 0. The summed E-state index contributed by atoms with van der Waals surface area (Å²) in [5.41, 5.74) is -0.425. The minimum Gasteiger partial charge on any atom is -0.466 e. The molecule has 0 spiro atoms. The van der Waals surface area contributed by atoms with Crippen molar-refractivity contribution in [1.82, 2.24) is 5.32 Å². The minimum absolute atomic E-state index is 0.0296. The van der Waals surface area contributed by atoms with E-state index in [-0.39, 0.29) is 31.3 Å². The lowest BCUT2D eigenvalue weighted by Gasteiger charge is -2.40. The number of hydrogen-bond acceptors (Lipinski definition) is 4. The number of aliphatic hydroxyl groups excluding tert-OH is 1. The number of hydrogen-bond donors (Lipinski definition) is 2. The highest BCUT2D eigenvalue weighted by Crippen LogP contribution is 2.31. The Morgan fingerprint density at radius 3 is 2.50 bits per heavy atom. The van der Waals surface area contributed by atoms with Gasteiger partial charge < -0.3 is 15.2 Å². The van der Waals surface area contributed by atoms with Gasteiger partial charge >= 0.3 is 5.97 Å². The van der Waals surface area contributed by atoms with E-state index in [0.29, 0.717) is 6.61 Å². The summed E-state index contributed by atoms with van der Waals surface area (Å²) in [6.45, 7) is 2.03. The van der Waals surface area contributed by atoms with Gasteiger partial charge in [0.1, 0.15) is 0 Å². The van der Waals surface area contributed by atoms with Gasteiger partial charge in [-0.15, -0.1) is 0 Å². The Balaban J connectivity index is 2.22. The Morgan fingerprint density at radius 1 is 1.38 bits per heavy atom. The van der Waals surface area contributed by atoms with Gasteiger partial charge in [0.15, 0.2) is 0 Å². The van der Waals surface area contributed by atoms with E-state index >= 15 is 0 Å². The van der Waals surface area contributed by atoms with Crippen LogP contribution < -0.4 is 5.32 Å². The molecule has 92 valence electrons. The molecule has 2 N–H and O–H groups in total. The molecule has 0 heterocycles. The third kappa shape index (κ3) is 3.48. The smallest absolute Gasteiger partial charge is 0.306 e. The zero-order chi connectivity index (χ0) is 12.0. The van der Waals surface area contributed by atoms with E-state index in [1.807, 2.05) is 0 Å². The third-order valence-electron chi connectivity index (χ3n) is 2.88. The molecule has 0 radical (unpaired) electrons. The number of aliphatic hydroxyl groups is 1. The van der Waals surface area contributed by atoms with Crippen LogP contribution >= 0.6 is 0 Å². The molecule has 1 saturated carbocycles. The van der Waals surface area contributed by atoms with E-state index < -0.39 is 5.54 Å². The molecule has 1 rings (SSSR count). The maximum absolute atomic E-state index is 11.5. The molecule has 1 fully saturated rings. The molecule has 1 amide bonds. The largest absolute Gasteiger partial charge is 0.466 e. The molecule has 16 heavy (non-hydrogen) atoms. The zero-order valence-electron chi connectivity index (χ0n) is 9.62. The molecule has 0 bridgehead atoms. The van der Waals surface area contributed by atoms with Gasteiger partial charge in [0.25, 0.3) is 0 Å². The van der Waals surface area contributed by atoms with Gasteiger partial charge in [0, 0.05) is 6.42 Å². The molecule has 0 atom stereocenters. The zero-order valence-corrected chi connectivity index (χ0v) is 9.62. The summed E-state index contributed by atoms with van der Waals surface area (Å²) in [4.78, 5) is 22.5. The average molecular weight is 229 g/mol. The summed E-state index contributed by atoms with van der Waals surface area (Å²) in [5.74, 6) is -0.550. The SMILES string of the molecule is CCOC(=O)CCC(=O)NC1(CO)CCC1. The Kier molecular flexibility index (Phi) is 4.73. The topological polar surface area (TPSA) is 75.6 Å². The molecule has 0 aromatic carbocycles. The van der Waals surface area contributed by atoms with Gasteiger partial charge in [-0.2, -0.15) is 0 Å². The molecule has 0 aromatic rings. The predicted molar refractivity (Wildman–Crippen MR) is 57.7 cm³/mol. The fraction of sp³-hybridized carbons (Fsp3) is 0.818. The van der Waals surface area contributed by atoms with Crippen LogP contribution in [0.4, 0.5) is 0 Å². The molecule has 0 saturated heterocycles. The van der Waals surface area contributed by atoms with Gasteiger partial charge in [-0.05, 0) is 26.2 Å². The van der Waals surface area contributed by atoms with Gasteiger partial charge in [-0.25, -0.2) is 0 Å². The van der Waals surface area contributed by atoms with Gasteiger partial charge in [0.05, 0.1) is 25.2 Å². The first-order valence-electron chi connectivity index (χ1n) is 5.69. The van der Waals surface area contributed by atoms with Crippen molar-refractivity contribution in [3.05, 3.63) is 0 Å². The highest BCUT2D eigenvalue weighted by molar-refractivity contribution is 5.81. The van der Waals surface area contributed by atoms with Crippen LogP contribution in [0.1, 0.15) is 39.0 Å². The normalized spacial score (nSPS) is 17.4. The van der Waals surface area contributed by atoms with Crippen LogP contribution in [0.5, 0.6) is 0 Å². The van der Waals surface area contributed by atoms with Crippen molar-refractivity contribution >= 4 is 11.9 Å². The van der Waals surface area contributed by atoms with Crippen LogP contribution in [0.25, 0.3) is 0 Å². The van der Waals surface area contributed by atoms with Crippen LogP contribution in [0, 0.1) is 0 Å². The van der Waals surface area contributed by atoms with E-state index in [9.17, 15) is 9.59 Å². The van der Waals surface area contributed by atoms with Gasteiger partial charge in [0.2, 0.25) is 5.91 Å². The summed E-state index contributed by atoms with van der Waals surface area (Å²) < 4.78 is 4.72. The Bertz CT molecular complexity index is 255. The minimum atomic E-state index is -0.425. The van der Waals surface area contributed by atoms with E-state index in [1.165, 1.54) is 0 Å². The third-order valence-corrected chi connectivity index (χ3v) is 2.88. The quantitative estimate of drug-likeness (QED) is 0.645. The van der Waals surface area contributed by atoms with Crippen molar-refractivity contribution in [2.45, 2.75) is 44.6 Å². The summed E-state index contributed by atoms with van der Waals surface area (Å²) in [6.07, 6.45) is 2.88. The summed E-state index contributed by atoms with van der Waals surface area (Å²) in [7, 11) is 0. The second-order valence-corrected chi connectivity index (χ2v) is 4.15. The van der Waals surface area contributed by atoms with Crippen molar-refractivity contribution in [2.24, 2.45) is 0 Å². The number of nitrogens with one attached hydrogen (secondary N) is 1. The van der Waals surface area contributed by atoms with Gasteiger partial charge in [-0.1, -0.05) is 0 Å². The fourth-order valence-electron chi connectivity index (χ4n) is 1.73. The van der Waals surface area contributed by atoms with E-state index in [0.717, 1.165) is 19.3 Å². The fourth-order valence-corrected chi connectivity index (χ4v) is 1.73. The van der Waals surface area contributed by atoms with Crippen molar-refractivity contribution < 1.29 is 19.4 Å². The molecule has 5 nitrogen and oxygen atoms in total. The summed E-state index contributed by atoms with van der Waals surface area (Å²) >= 11 is 0. The molecule has 1 aliphatic carbocycles. The summed E-state index contributed by atoms with van der Waals surface area (Å²) in [5, 5.41) is 11.9. The first-order valence-corrected chi connectivity index (χ1v) is 5.69. The standard InChI is InChI=1S/C11H19NO4/c1-2-16-10(15)5-4-9(14)12-11(8-13)6-3-7-11/h13H,2-8H2,1H3,(H,12,14). The van der Waals surface area contributed by atoms with Crippen molar-refractivity contribution in [1.29, 1.82) is 0 Å². The van der Waals surface area contributed by atoms with Gasteiger partial charge in [-0.3, -0.25) is 9.59 Å². The number of ether oxygens (including phenoxy) is 1. The average Bonchev–Trinajstić information content (AvgIpc) is 2.21. The van der Waals surface area contributed by atoms with E-state index in [4.69, 9.17) is 9.84 Å². The Labute approximate surface area is 95.2 Å². The first-order chi connectivity index (χ1) is 7.62. The van der Waals surface area contributed by atoms with Crippen LogP contribution in [-0.2, 0) is 14.3 Å². The highest BCUT2D eigenvalue weighted by atomic mass is 16.5. The highest BCUT2D eigenvalue weighted by Gasteiger charge is 2.37. The number of amides is 1. The molecular formula is C11H19NO4. The Morgan fingerprint density at radius 2 is 2.06 bits per heavy atom. The maximum atomic E-state index is 11.5.